The first kappa shape index (κ1) is 13.6. The molecule has 0 aliphatic carbocycles. The van der Waals surface area contributed by atoms with Crippen molar-refractivity contribution in [1.82, 2.24) is 0 Å². The molecule has 0 saturated carbocycles. The quantitative estimate of drug-likeness (QED) is 0.788. The summed E-state index contributed by atoms with van der Waals surface area (Å²) < 4.78 is 11.4. The number of carbonyl (C=O) groups excluding carboxylic acids is 1. The van der Waals surface area contributed by atoms with Crippen molar-refractivity contribution in [3.8, 4) is 11.5 Å². The van der Waals surface area contributed by atoms with E-state index in [0.717, 1.165) is 10.2 Å². The molecule has 0 amide bonds. The Hall–Kier alpha value is -1.81. The lowest BCUT2D eigenvalue weighted by atomic mass is 10.1. The van der Waals surface area contributed by atoms with E-state index in [2.05, 4.69) is 15.9 Å². The van der Waals surface area contributed by atoms with E-state index in [1.165, 1.54) is 0 Å². The van der Waals surface area contributed by atoms with Gasteiger partial charge in [0.2, 0.25) is 0 Å². The van der Waals surface area contributed by atoms with Crippen LogP contribution in [0.25, 0.3) is 0 Å². The van der Waals surface area contributed by atoms with Crippen LogP contribution in [-0.4, -0.2) is 19.5 Å². The van der Waals surface area contributed by atoms with E-state index < -0.39 is 0 Å². The van der Waals surface area contributed by atoms with Crippen LogP contribution in [0.5, 0.6) is 11.5 Å². The minimum Gasteiger partial charge on any atom is -0.497 e. The van der Waals surface area contributed by atoms with E-state index in [4.69, 9.17) is 9.47 Å². The van der Waals surface area contributed by atoms with Crippen molar-refractivity contribution in [2.45, 2.75) is 0 Å². The third-order valence-corrected chi connectivity index (χ3v) is 3.12. The van der Waals surface area contributed by atoms with Crippen LogP contribution in [-0.2, 0) is 0 Å². The highest BCUT2D eigenvalue weighted by atomic mass is 79.9. The first-order valence-electron chi connectivity index (χ1n) is 5.74. The van der Waals surface area contributed by atoms with E-state index in [1.807, 2.05) is 24.3 Å². The molecule has 0 aliphatic heterocycles. The molecule has 2 aromatic carbocycles. The first-order chi connectivity index (χ1) is 9.19. The number of carbonyl (C=O) groups is 1. The predicted molar refractivity (Wildman–Crippen MR) is 77.0 cm³/mol. The number of benzene rings is 2. The Kier molecular flexibility index (Phi) is 4.58. The number of ketones is 1. The second-order valence-corrected chi connectivity index (χ2v) is 4.81. The Bertz CT molecular complexity index is 547. The molecule has 0 N–H and O–H groups in total. The molecule has 0 atom stereocenters. The molecule has 3 nitrogen and oxygen atoms in total. The van der Waals surface area contributed by atoms with E-state index in [-0.39, 0.29) is 12.4 Å². The molecule has 0 spiro atoms. The minimum absolute atomic E-state index is 0.0218. The fourth-order valence-electron chi connectivity index (χ4n) is 1.54. The highest BCUT2D eigenvalue weighted by Crippen LogP contribution is 2.17. The Morgan fingerprint density at radius 2 is 1.58 bits per heavy atom. The number of hydrogen-bond acceptors (Lipinski definition) is 3. The SMILES string of the molecule is COc1ccc(C(=O)COc2ccc(Br)cc2)cc1. The number of methoxy groups -OCH3 is 1. The lowest BCUT2D eigenvalue weighted by molar-refractivity contribution is 0.0921. The predicted octanol–water partition coefficient (Wildman–Crippen LogP) is 3.72. The van der Waals surface area contributed by atoms with Gasteiger partial charge in [0.1, 0.15) is 11.5 Å². The van der Waals surface area contributed by atoms with Gasteiger partial charge in [0.25, 0.3) is 0 Å². The van der Waals surface area contributed by atoms with Crippen LogP contribution in [0.3, 0.4) is 0 Å². The average molecular weight is 321 g/mol. The van der Waals surface area contributed by atoms with Gasteiger partial charge >= 0.3 is 0 Å². The van der Waals surface area contributed by atoms with Gasteiger partial charge in [-0.1, -0.05) is 15.9 Å². The van der Waals surface area contributed by atoms with Crippen molar-refractivity contribution in [2.75, 3.05) is 13.7 Å². The zero-order chi connectivity index (χ0) is 13.7. The monoisotopic (exact) mass is 320 g/mol. The van der Waals surface area contributed by atoms with Crippen LogP contribution in [0, 0.1) is 0 Å². The fourth-order valence-corrected chi connectivity index (χ4v) is 1.80. The third-order valence-electron chi connectivity index (χ3n) is 2.60. The number of Topliss-reactive ketones (excluding diaryl/α,β-unsaturated/α-hetero) is 1. The molecule has 0 bridgehead atoms. The number of ether oxygens (including phenoxy) is 2. The molecule has 0 heterocycles. The summed E-state index contributed by atoms with van der Waals surface area (Å²) in [5.74, 6) is 1.33. The molecule has 4 heteroatoms. The summed E-state index contributed by atoms with van der Waals surface area (Å²) in [6, 6.07) is 14.3. The second kappa shape index (κ2) is 6.38. The summed E-state index contributed by atoms with van der Waals surface area (Å²) in [4.78, 5) is 11.9. The van der Waals surface area contributed by atoms with Gasteiger partial charge in [0.05, 0.1) is 7.11 Å². The summed E-state index contributed by atoms with van der Waals surface area (Å²) in [5.41, 5.74) is 0.609. The molecule has 0 aromatic heterocycles. The Morgan fingerprint density at radius 1 is 1.00 bits per heavy atom. The van der Waals surface area contributed by atoms with Gasteiger partial charge in [-0.3, -0.25) is 4.79 Å². The van der Waals surface area contributed by atoms with Crippen molar-refractivity contribution in [1.29, 1.82) is 0 Å². The van der Waals surface area contributed by atoms with Crippen LogP contribution in [0.2, 0.25) is 0 Å². The lowest BCUT2D eigenvalue weighted by Gasteiger charge is -2.06. The van der Waals surface area contributed by atoms with Crippen molar-refractivity contribution < 1.29 is 14.3 Å². The zero-order valence-electron chi connectivity index (χ0n) is 10.4. The maximum absolute atomic E-state index is 11.9. The van der Waals surface area contributed by atoms with E-state index in [1.54, 1.807) is 31.4 Å². The summed E-state index contributed by atoms with van der Waals surface area (Å²) >= 11 is 3.34. The van der Waals surface area contributed by atoms with Crippen molar-refractivity contribution >= 4 is 21.7 Å². The van der Waals surface area contributed by atoms with Gasteiger partial charge in [-0.15, -0.1) is 0 Å². The van der Waals surface area contributed by atoms with E-state index in [0.29, 0.717) is 11.3 Å². The fraction of sp³-hybridized carbons (Fsp3) is 0.133. The molecule has 19 heavy (non-hydrogen) atoms. The van der Waals surface area contributed by atoms with Crippen LogP contribution < -0.4 is 9.47 Å². The van der Waals surface area contributed by atoms with Gasteiger partial charge in [-0.2, -0.15) is 0 Å². The standard InChI is InChI=1S/C15H13BrO3/c1-18-13-6-2-11(3-7-13)15(17)10-19-14-8-4-12(16)5-9-14/h2-9H,10H2,1H3. The molecular weight excluding hydrogens is 308 g/mol. The van der Waals surface area contributed by atoms with Crippen LogP contribution in [0.15, 0.2) is 53.0 Å². The first-order valence-corrected chi connectivity index (χ1v) is 6.54. The molecular formula is C15H13BrO3. The summed E-state index contributed by atoms with van der Waals surface area (Å²) in [6.45, 7) is 0.0218. The molecule has 98 valence electrons. The van der Waals surface area contributed by atoms with Gasteiger partial charge in [-0.25, -0.2) is 0 Å². The second-order valence-electron chi connectivity index (χ2n) is 3.89. The molecule has 0 fully saturated rings. The molecule has 0 aliphatic rings. The summed E-state index contributed by atoms with van der Waals surface area (Å²) in [5, 5.41) is 0. The molecule has 2 rings (SSSR count). The molecule has 0 unspecified atom stereocenters. The topological polar surface area (TPSA) is 35.5 Å². The summed E-state index contributed by atoms with van der Waals surface area (Å²) in [7, 11) is 1.59. The number of halogens is 1. The van der Waals surface area contributed by atoms with Gasteiger partial charge in [0, 0.05) is 10.0 Å². The maximum atomic E-state index is 11.9. The van der Waals surface area contributed by atoms with Gasteiger partial charge in [0.15, 0.2) is 12.4 Å². The molecule has 0 saturated heterocycles. The van der Waals surface area contributed by atoms with Crippen molar-refractivity contribution in [3.63, 3.8) is 0 Å². The third kappa shape index (κ3) is 3.83. The Balaban J connectivity index is 1.95. The number of rotatable bonds is 5. The Morgan fingerprint density at radius 3 is 2.16 bits per heavy atom. The van der Waals surface area contributed by atoms with E-state index in [9.17, 15) is 4.79 Å². The van der Waals surface area contributed by atoms with Gasteiger partial charge in [-0.05, 0) is 48.5 Å². The van der Waals surface area contributed by atoms with Gasteiger partial charge < -0.3 is 9.47 Å². The largest absolute Gasteiger partial charge is 0.497 e. The van der Waals surface area contributed by atoms with E-state index >= 15 is 0 Å². The zero-order valence-corrected chi connectivity index (χ0v) is 12.0. The van der Waals surface area contributed by atoms with Crippen LogP contribution >= 0.6 is 15.9 Å². The number of hydrogen-bond donors (Lipinski definition) is 0. The minimum atomic E-state index is -0.0643. The lowest BCUT2D eigenvalue weighted by Crippen LogP contribution is -2.11. The summed E-state index contributed by atoms with van der Waals surface area (Å²) in [6.07, 6.45) is 0. The molecule has 0 radical (unpaired) electrons. The normalized spacial score (nSPS) is 10.0. The smallest absolute Gasteiger partial charge is 0.200 e. The van der Waals surface area contributed by atoms with Crippen LogP contribution in [0.1, 0.15) is 10.4 Å². The van der Waals surface area contributed by atoms with Crippen molar-refractivity contribution in [3.05, 3.63) is 58.6 Å². The highest BCUT2D eigenvalue weighted by Gasteiger charge is 2.07. The highest BCUT2D eigenvalue weighted by molar-refractivity contribution is 9.10. The van der Waals surface area contributed by atoms with Crippen LogP contribution in [0.4, 0.5) is 0 Å². The molecule has 2 aromatic rings. The Labute approximate surface area is 120 Å². The maximum Gasteiger partial charge on any atom is 0.200 e. The van der Waals surface area contributed by atoms with Crippen molar-refractivity contribution in [2.24, 2.45) is 0 Å². The average Bonchev–Trinajstić information content (AvgIpc) is 2.46.